The van der Waals surface area contributed by atoms with Crippen LogP contribution in [-0.4, -0.2) is 86.1 Å². The Kier molecular flexibility index (Phi) is 12.9. The zero-order chi connectivity index (χ0) is 41.6. The Labute approximate surface area is 344 Å². The molecule has 3 heterocycles. The molecule has 7 rings (SSSR count). The number of H-pyrrole nitrogens is 1. The molecule has 312 valence electrons. The summed E-state index contributed by atoms with van der Waals surface area (Å²) in [6, 6.07) is 21.3. The van der Waals surface area contributed by atoms with Crippen molar-refractivity contribution in [2.75, 3.05) is 13.1 Å². The molecule has 5 amide bonds. The number of aromatic nitrogens is 2. The van der Waals surface area contributed by atoms with Crippen LogP contribution < -0.4 is 27.8 Å². The number of amides is 5. The average molecular weight is 805 g/mol. The molecule has 2 aliphatic heterocycles. The van der Waals surface area contributed by atoms with E-state index in [2.05, 4.69) is 27.8 Å². The van der Waals surface area contributed by atoms with Crippen LogP contribution in [0.1, 0.15) is 86.9 Å². The second-order valence-electron chi connectivity index (χ2n) is 16.7. The van der Waals surface area contributed by atoms with Crippen LogP contribution in [0.15, 0.2) is 83.7 Å². The highest BCUT2D eigenvalue weighted by Gasteiger charge is 2.45. The molecule has 0 bridgehead atoms. The van der Waals surface area contributed by atoms with Gasteiger partial charge in [0.25, 0.3) is 0 Å². The molecule has 0 spiro atoms. The smallest absolute Gasteiger partial charge is 0.326 e. The molecule has 3 aliphatic rings. The average Bonchev–Trinajstić information content (AvgIpc) is 3.79. The fourth-order valence-corrected chi connectivity index (χ4v) is 9.35. The number of aromatic amines is 1. The minimum atomic E-state index is -1.09. The fourth-order valence-electron chi connectivity index (χ4n) is 9.35. The standard InChI is InChI=1S/C45H56N8O6/c1-51-38-25-30(16-18-35(38)49-45(51)59)24-28-12-14-29(15-13-28)26-40(55)52-23-22-33-17-20-37(53(33)44(58)34(46)27-52)43(57)48-36(19-21-39(47)54)42(56)50-41(31-8-4-2-5-9-31)32-10-6-3-7-11-32/h2-11,16,18,25,28-29,33-34,36-37,41H,12-15,17,19-24,26-27,46H2,1H3,(H2,47,54)(H,48,57)(H,49,59)(H,50,56)/t28?,29?,33-,34+,36+,37+/m1/s1. The number of aryl methyl sites for hydroxylation is 1. The number of nitrogens with two attached hydrogens (primary N) is 2. The van der Waals surface area contributed by atoms with E-state index in [0.29, 0.717) is 38.1 Å². The Morgan fingerprint density at radius 3 is 2.15 bits per heavy atom. The van der Waals surface area contributed by atoms with Crippen molar-refractivity contribution < 1.29 is 24.0 Å². The molecule has 0 radical (unpaired) electrons. The zero-order valence-corrected chi connectivity index (χ0v) is 33.7. The van der Waals surface area contributed by atoms with E-state index in [4.69, 9.17) is 11.5 Å². The molecular formula is C45H56N8O6. The van der Waals surface area contributed by atoms with Crippen molar-refractivity contribution in [3.8, 4) is 0 Å². The maximum atomic E-state index is 14.0. The maximum Gasteiger partial charge on any atom is 0.326 e. The SMILES string of the molecule is Cn1c(=O)[nH]c2ccc(CC3CCC(CC(=O)N4CC[C@H]5CC[C@@H](C(=O)N[C@@H](CCC(N)=O)C(=O)NC(c6ccccc6)c6ccccc6)N5C(=O)[C@@H](N)C4)CC3)cc21. The van der Waals surface area contributed by atoms with Crippen molar-refractivity contribution in [1.82, 2.24) is 30.0 Å². The van der Waals surface area contributed by atoms with Crippen LogP contribution in [0, 0.1) is 11.8 Å². The van der Waals surface area contributed by atoms with Gasteiger partial charge in [-0.1, -0.05) is 66.7 Å². The maximum absolute atomic E-state index is 14.0. The van der Waals surface area contributed by atoms with Crippen molar-refractivity contribution in [3.05, 3.63) is 106 Å². The van der Waals surface area contributed by atoms with E-state index < -0.39 is 47.8 Å². The van der Waals surface area contributed by atoms with Crippen LogP contribution in [0.5, 0.6) is 0 Å². The molecule has 7 N–H and O–H groups in total. The molecule has 14 nitrogen and oxygen atoms in total. The van der Waals surface area contributed by atoms with E-state index in [0.717, 1.165) is 54.3 Å². The minimum Gasteiger partial charge on any atom is -0.370 e. The lowest BCUT2D eigenvalue weighted by Gasteiger charge is -2.38. The molecule has 1 aromatic heterocycles. The molecule has 14 heteroatoms. The lowest BCUT2D eigenvalue weighted by molar-refractivity contribution is -0.145. The second kappa shape index (κ2) is 18.4. The summed E-state index contributed by atoms with van der Waals surface area (Å²) in [5.41, 5.74) is 16.5. The van der Waals surface area contributed by atoms with Gasteiger partial charge in [0.2, 0.25) is 29.5 Å². The van der Waals surface area contributed by atoms with Gasteiger partial charge in [-0.05, 0) is 98.4 Å². The van der Waals surface area contributed by atoms with Crippen molar-refractivity contribution in [2.45, 2.75) is 101 Å². The molecule has 3 aromatic carbocycles. The van der Waals surface area contributed by atoms with Gasteiger partial charge in [0.05, 0.1) is 17.1 Å². The van der Waals surface area contributed by atoms with Crippen molar-refractivity contribution >= 4 is 40.6 Å². The van der Waals surface area contributed by atoms with Crippen LogP contribution in [0.4, 0.5) is 0 Å². The lowest BCUT2D eigenvalue weighted by Crippen LogP contribution is -2.60. The summed E-state index contributed by atoms with van der Waals surface area (Å²) in [5.74, 6) is -1.19. The van der Waals surface area contributed by atoms with E-state index >= 15 is 0 Å². The summed E-state index contributed by atoms with van der Waals surface area (Å²) in [4.78, 5) is 85.6. The Balaban J connectivity index is 0.941. The number of hydrogen-bond donors (Lipinski definition) is 5. The van der Waals surface area contributed by atoms with Gasteiger partial charge in [-0.15, -0.1) is 0 Å². The van der Waals surface area contributed by atoms with Crippen molar-refractivity contribution in [1.29, 1.82) is 0 Å². The van der Waals surface area contributed by atoms with Crippen molar-refractivity contribution in [3.63, 3.8) is 0 Å². The molecule has 3 fully saturated rings. The number of hydrogen-bond acceptors (Lipinski definition) is 7. The second-order valence-corrected chi connectivity index (χ2v) is 16.7. The Hall–Kier alpha value is -5.76. The van der Waals surface area contributed by atoms with Gasteiger partial charge in [0, 0.05) is 39.0 Å². The molecular weight excluding hydrogens is 749 g/mol. The third-order valence-corrected chi connectivity index (χ3v) is 12.7. The number of primary amides is 1. The summed E-state index contributed by atoms with van der Waals surface area (Å²) in [6.45, 7) is 0.498. The Morgan fingerprint density at radius 2 is 1.49 bits per heavy atom. The number of carbonyl (C=O) groups is 5. The van der Waals surface area contributed by atoms with E-state index in [1.165, 1.54) is 5.56 Å². The van der Waals surface area contributed by atoms with Crippen LogP contribution in [0.3, 0.4) is 0 Å². The number of carbonyl (C=O) groups excluding carboxylic acids is 5. The van der Waals surface area contributed by atoms with Crippen LogP contribution in [0.2, 0.25) is 0 Å². The van der Waals surface area contributed by atoms with Crippen LogP contribution in [0.25, 0.3) is 11.0 Å². The summed E-state index contributed by atoms with van der Waals surface area (Å²) in [7, 11) is 1.77. The third-order valence-electron chi connectivity index (χ3n) is 12.7. The van der Waals surface area contributed by atoms with E-state index in [9.17, 15) is 28.8 Å². The topological polar surface area (TPSA) is 206 Å². The number of rotatable bonds is 13. The van der Waals surface area contributed by atoms with Crippen LogP contribution in [-0.2, 0) is 37.4 Å². The zero-order valence-electron chi connectivity index (χ0n) is 33.7. The monoisotopic (exact) mass is 804 g/mol. The summed E-state index contributed by atoms with van der Waals surface area (Å²) < 4.78 is 1.63. The highest BCUT2D eigenvalue weighted by molar-refractivity contribution is 5.94. The molecule has 4 aromatic rings. The normalized spacial score (nSPS) is 22.7. The first-order chi connectivity index (χ1) is 28.4. The van der Waals surface area contributed by atoms with Gasteiger partial charge >= 0.3 is 5.69 Å². The first-order valence-electron chi connectivity index (χ1n) is 21.0. The number of nitrogens with one attached hydrogen (secondary N) is 3. The minimum absolute atomic E-state index is 0.00359. The summed E-state index contributed by atoms with van der Waals surface area (Å²) in [5, 5.41) is 5.92. The predicted octanol–water partition coefficient (Wildman–Crippen LogP) is 3.18. The summed E-state index contributed by atoms with van der Waals surface area (Å²) >= 11 is 0. The number of benzene rings is 3. The highest BCUT2D eigenvalue weighted by Crippen LogP contribution is 2.35. The largest absolute Gasteiger partial charge is 0.370 e. The quantitative estimate of drug-likeness (QED) is 0.136. The number of nitrogens with zero attached hydrogens (tertiary/aromatic N) is 3. The van der Waals surface area contributed by atoms with Crippen molar-refractivity contribution in [2.24, 2.45) is 30.4 Å². The predicted molar refractivity (Wildman–Crippen MR) is 223 cm³/mol. The van der Waals surface area contributed by atoms with Gasteiger partial charge in [0.15, 0.2) is 0 Å². The Bertz CT molecular complexity index is 2160. The first kappa shape index (κ1) is 41.4. The van der Waals surface area contributed by atoms with Gasteiger partial charge in [-0.2, -0.15) is 0 Å². The molecule has 2 saturated heterocycles. The van der Waals surface area contributed by atoms with E-state index in [1.807, 2.05) is 66.7 Å². The molecule has 0 unspecified atom stereocenters. The van der Waals surface area contributed by atoms with Gasteiger partial charge in [-0.25, -0.2) is 4.79 Å². The molecule has 4 atom stereocenters. The summed E-state index contributed by atoms with van der Waals surface area (Å²) in [6.07, 6.45) is 6.59. The van der Waals surface area contributed by atoms with Crippen LogP contribution >= 0.6 is 0 Å². The van der Waals surface area contributed by atoms with Gasteiger partial charge in [0.1, 0.15) is 18.1 Å². The van der Waals surface area contributed by atoms with Gasteiger partial charge in [-0.3, -0.25) is 28.5 Å². The first-order valence-corrected chi connectivity index (χ1v) is 21.0. The van der Waals surface area contributed by atoms with Gasteiger partial charge < -0.3 is 36.9 Å². The Morgan fingerprint density at radius 1 is 0.831 bits per heavy atom. The fraction of sp³-hybridized carbons (Fsp3) is 0.467. The number of imidazole rings is 1. The van der Waals surface area contributed by atoms with E-state index in [1.54, 1.807) is 21.4 Å². The molecule has 1 saturated carbocycles. The number of fused-ring (bicyclic) bond motifs is 2. The lowest BCUT2D eigenvalue weighted by atomic mass is 9.78. The molecule has 1 aliphatic carbocycles. The molecule has 59 heavy (non-hydrogen) atoms. The highest BCUT2D eigenvalue weighted by atomic mass is 16.2. The van der Waals surface area contributed by atoms with E-state index in [-0.39, 0.29) is 42.9 Å². The third kappa shape index (κ3) is 9.76.